The van der Waals surface area contributed by atoms with Gasteiger partial charge in [-0.15, -0.1) is 0 Å². The molecule has 1 aliphatic heterocycles. The number of anilines is 1. The Bertz CT molecular complexity index is 629. The highest BCUT2D eigenvalue weighted by molar-refractivity contribution is 5.93. The number of alkyl halides is 3. The smallest absolute Gasteiger partial charge is 0.433 e. The third-order valence-corrected chi connectivity index (χ3v) is 4.19. The van der Waals surface area contributed by atoms with Crippen LogP contribution < -0.4 is 5.32 Å². The molecule has 0 unspecified atom stereocenters. The van der Waals surface area contributed by atoms with Crippen LogP contribution in [-0.2, 0) is 15.8 Å². The third kappa shape index (κ3) is 5.95. The van der Waals surface area contributed by atoms with Crippen LogP contribution in [0.3, 0.4) is 0 Å². The highest BCUT2D eigenvalue weighted by Gasteiger charge is 2.32. The molecule has 0 radical (unpaired) electrons. The van der Waals surface area contributed by atoms with E-state index in [4.69, 9.17) is 0 Å². The summed E-state index contributed by atoms with van der Waals surface area (Å²) in [4.78, 5) is 30.9. The topological polar surface area (TPSA) is 85.8 Å². The van der Waals surface area contributed by atoms with Gasteiger partial charge in [-0.05, 0) is 19.2 Å². The van der Waals surface area contributed by atoms with Gasteiger partial charge in [0.15, 0.2) is 0 Å². The summed E-state index contributed by atoms with van der Waals surface area (Å²) < 4.78 is 37.4. The van der Waals surface area contributed by atoms with E-state index in [1.807, 2.05) is 11.9 Å². The average Bonchev–Trinajstić information content (AvgIpc) is 2.55. The zero-order valence-electron chi connectivity index (χ0n) is 14.3. The molecule has 0 saturated carbocycles. The molecule has 10 heteroatoms. The first kappa shape index (κ1) is 20.1. The number of likely N-dealkylation sites (N-methyl/N-ethyl adjacent to an activating group) is 1. The number of halogens is 3. The van der Waals surface area contributed by atoms with Crippen molar-refractivity contribution in [3.8, 4) is 0 Å². The number of hydrogen-bond donors (Lipinski definition) is 2. The maximum Gasteiger partial charge on any atom is 0.433 e. The lowest BCUT2D eigenvalue weighted by Crippen LogP contribution is -2.47. The maximum atomic E-state index is 12.5. The molecule has 1 saturated heterocycles. The van der Waals surface area contributed by atoms with Gasteiger partial charge in [0.05, 0.1) is 17.8 Å². The standard InChI is InChI=1S/C16H21F3N4O3/c1-22-4-6-23(7-5-22)10-11(15(25)26)8-14(24)21-12-2-3-13(20-9-12)16(17,18)19/h2-3,9,11H,4-8,10H2,1H3,(H,21,24)(H,25,26)/t11-/m1/s1. The molecule has 1 aromatic heterocycles. The van der Waals surface area contributed by atoms with Crippen molar-refractivity contribution in [2.45, 2.75) is 12.6 Å². The van der Waals surface area contributed by atoms with Crippen LogP contribution in [-0.4, -0.2) is 71.5 Å². The number of carboxylic acids is 1. The molecule has 0 spiro atoms. The molecule has 2 rings (SSSR count). The predicted octanol–water partition coefficient (Wildman–Crippen LogP) is 1.38. The van der Waals surface area contributed by atoms with Crippen LogP contribution in [0, 0.1) is 5.92 Å². The van der Waals surface area contributed by atoms with E-state index in [-0.39, 0.29) is 18.7 Å². The number of rotatable bonds is 6. The van der Waals surface area contributed by atoms with Crippen molar-refractivity contribution in [1.29, 1.82) is 0 Å². The van der Waals surface area contributed by atoms with Crippen LogP contribution in [0.2, 0.25) is 0 Å². The van der Waals surface area contributed by atoms with Crippen molar-refractivity contribution >= 4 is 17.6 Å². The maximum absolute atomic E-state index is 12.5. The summed E-state index contributed by atoms with van der Waals surface area (Å²) in [6.45, 7) is 3.36. The van der Waals surface area contributed by atoms with E-state index in [0.717, 1.165) is 44.5 Å². The zero-order valence-corrected chi connectivity index (χ0v) is 14.3. The number of nitrogens with one attached hydrogen (secondary N) is 1. The summed E-state index contributed by atoms with van der Waals surface area (Å²) in [5.41, 5.74) is -0.972. The van der Waals surface area contributed by atoms with Crippen molar-refractivity contribution in [3.63, 3.8) is 0 Å². The highest BCUT2D eigenvalue weighted by atomic mass is 19.4. The molecule has 26 heavy (non-hydrogen) atoms. The lowest BCUT2D eigenvalue weighted by atomic mass is 10.0. The minimum Gasteiger partial charge on any atom is -0.481 e. The largest absolute Gasteiger partial charge is 0.481 e. The molecule has 1 atom stereocenters. The highest BCUT2D eigenvalue weighted by Crippen LogP contribution is 2.27. The molecule has 2 N–H and O–H groups in total. The summed E-state index contributed by atoms with van der Waals surface area (Å²) in [5, 5.41) is 11.7. The van der Waals surface area contributed by atoms with Gasteiger partial charge in [0.25, 0.3) is 0 Å². The van der Waals surface area contributed by atoms with Crippen LogP contribution in [0.4, 0.5) is 18.9 Å². The van der Waals surface area contributed by atoms with E-state index in [1.165, 1.54) is 0 Å². The lowest BCUT2D eigenvalue weighted by molar-refractivity contribution is -0.144. The van der Waals surface area contributed by atoms with Crippen molar-refractivity contribution in [2.75, 3.05) is 45.1 Å². The first-order valence-electron chi connectivity index (χ1n) is 8.12. The number of nitrogens with zero attached hydrogens (tertiary/aromatic N) is 3. The van der Waals surface area contributed by atoms with Crippen molar-refractivity contribution < 1.29 is 27.9 Å². The normalized spacial score (nSPS) is 17.7. The number of piperazine rings is 1. The Hall–Kier alpha value is -2.20. The number of pyridine rings is 1. The van der Waals surface area contributed by atoms with Gasteiger partial charge in [-0.1, -0.05) is 0 Å². The van der Waals surface area contributed by atoms with Crippen LogP contribution in [0.1, 0.15) is 12.1 Å². The predicted molar refractivity (Wildman–Crippen MR) is 87.5 cm³/mol. The number of amides is 1. The number of carbonyl (C=O) groups is 2. The number of carbonyl (C=O) groups excluding carboxylic acids is 1. The van der Waals surface area contributed by atoms with Crippen LogP contribution >= 0.6 is 0 Å². The molecule has 144 valence electrons. The minimum absolute atomic E-state index is 0.0896. The summed E-state index contributed by atoms with van der Waals surface area (Å²) >= 11 is 0. The molecule has 1 amide bonds. The number of aromatic nitrogens is 1. The number of carboxylic acid groups (broad SMARTS) is 1. The summed E-state index contributed by atoms with van der Waals surface area (Å²) in [7, 11) is 1.98. The van der Waals surface area contributed by atoms with Gasteiger partial charge < -0.3 is 15.3 Å². The lowest BCUT2D eigenvalue weighted by Gasteiger charge is -2.33. The molecule has 1 aliphatic rings. The van der Waals surface area contributed by atoms with E-state index in [2.05, 4.69) is 15.2 Å². The van der Waals surface area contributed by atoms with Gasteiger partial charge in [-0.3, -0.25) is 14.5 Å². The van der Waals surface area contributed by atoms with Gasteiger partial charge in [-0.2, -0.15) is 13.2 Å². The minimum atomic E-state index is -4.56. The van der Waals surface area contributed by atoms with Gasteiger partial charge in [0, 0.05) is 39.1 Å². The second-order valence-corrected chi connectivity index (χ2v) is 6.32. The quantitative estimate of drug-likeness (QED) is 0.783. The third-order valence-electron chi connectivity index (χ3n) is 4.19. The monoisotopic (exact) mass is 374 g/mol. The van der Waals surface area contributed by atoms with Gasteiger partial charge in [0.1, 0.15) is 5.69 Å². The molecule has 1 fully saturated rings. The van der Waals surface area contributed by atoms with E-state index >= 15 is 0 Å². The van der Waals surface area contributed by atoms with Crippen LogP contribution in [0.5, 0.6) is 0 Å². The Morgan fingerprint density at radius 2 is 1.92 bits per heavy atom. The average molecular weight is 374 g/mol. The number of hydrogen-bond acceptors (Lipinski definition) is 5. The molecule has 1 aromatic rings. The molecule has 0 aromatic carbocycles. The van der Waals surface area contributed by atoms with Crippen molar-refractivity contribution in [1.82, 2.24) is 14.8 Å². The van der Waals surface area contributed by atoms with E-state index in [1.54, 1.807) is 0 Å². The van der Waals surface area contributed by atoms with Crippen LogP contribution in [0.15, 0.2) is 18.3 Å². The molecule has 2 heterocycles. The molecule has 0 aliphatic carbocycles. The van der Waals surface area contributed by atoms with Crippen molar-refractivity contribution in [2.24, 2.45) is 5.92 Å². The molecular weight excluding hydrogens is 353 g/mol. The van der Waals surface area contributed by atoms with Crippen molar-refractivity contribution in [3.05, 3.63) is 24.0 Å². The fourth-order valence-corrected chi connectivity index (χ4v) is 2.64. The Morgan fingerprint density at radius 3 is 2.42 bits per heavy atom. The molecule has 7 nitrogen and oxygen atoms in total. The second-order valence-electron chi connectivity index (χ2n) is 6.32. The SMILES string of the molecule is CN1CCN(C[C@@H](CC(=O)Nc2ccc(C(F)(F)F)nc2)C(=O)O)CC1. The van der Waals surface area contributed by atoms with Crippen LogP contribution in [0.25, 0.3) is 0 Å². The zero-order chi connectivity index (χ0) is 19.3. The fraction of sp³-hybridized carbons (Fsp3) is 0.562. The number of aliphatic carboxylic acids is 1. The Labute approximate surface area is 148 Å². The van der Waals surface area contributed by atoms with Gasteiger partial charge in [0.2, 0.25) is 5.91 Å². The Morgan fingerprint density at radius 1 is 1.27 bits per heavy atom. The Kier molecular flexibility index (Phi) is 6.54. The van der Waals surface area contributed by atoms with Gasteiger partial charge >= 0.3 is 12.1 Å². The van der Waals surface area contributed by atoms with E-state index < -0.39 is 29.7 Å². The Balaban J connectivity index is 1.90. The molecular formula is C16H21F3N4O3. The van der Waals surface area contributed by atoms with E-state index in [9.17, 15) is 27.9 Å². The molecule has 0 bridgehead atoms. The van der Waals surface area contributed by atoms with Gasteiger partial charge in [-0.25, -0.2) is 4.98 Å². The summed E-state index contributed by atoms with van der Waals surface area (Å²) in [6, 6.07) is 1.85. The fourth-order valence-electron chi connectivity index (χ4n) is 2.64. The summed E-state index contributed by atoms with van der Waals surface area (Å²) in [6.07, 6.45) is -3.92. The first-order valence-corrected chi connectivity index (χ1v) is 8.12. The first-order chi connectivity index (χ1) is 12.1. The summed E-state index contributed by atoms with van der Waals surface area (Å²) in [5.74, 6) is -2.54. The van der Waals surface area contributed by atoms with E-state index in [0.29, 0.717) is 0 Å². The second kappa shape index (κ2) is 8.45.